The van der Waals surface area contributed by atoms with Crippen LogP contribution >= 0.6 is 0 Å². The van der Waals surface area contributed by atoms with Gasteiger partial charge in [0.1, 0.15) is 0 Å². The molecular formula is C8H15NO2. The summed E-state index contributed by atoms with van der Waals surface area (Å²) in [7, 11) is 0. The van der Waals surface area contributed by atoms with Crippen LogP contribution in [-0.2, 0) is 0 Å². The van der Waals surface area contributed by atoms with Crippen molar-refractivity contribution in [2.24, 2.45) is 5.92 Å². The average molecular weight is 157 g/mol. The van der Waals surface area contributed by atoms with Crippen LogP contribution in [0, 0.1) is 11.3 Å². The summed E-state index contributed by atoms with van der Waals surface area (Å²) >= 11 is 0. The zero-order valence-electron chi connectivity index (χ0n) is 6.91. The van der Waals surface area contributed by atoms with Crippen LogP contribution in [0.5, 0.6) is 0 Å². The van der Waals surface area contributed by atoms with Crippen molar-refractivity contribution >= 4 is 5.71 Å². The van der Waals surface area contributed by atoms with Gasteiger partial charge in [0, 0.05) is 5.92 Å². The quantitative estimate of drug-likeness (QED) is 0.323. The molecule has 0 aliphatic carbocycles. The fourth-order valence-electron chi connectivity index (χ4n) is 0.722. The van der Waals surface area contributed by atoms with Crippen LogP contribution in [0.4, 0.5) is 0 Å². The lowest BCUT2D eigenvalue weighted by Gasteiger charge is -2.11. The first-order valence-corrected chi connectivity index (χ1v) is 3.65. The maximum atomic E-state index is 8.60. The Labute approximate surface area is 66.9 Å². The number of hydrogen-bond acceptors (Lipinski definition) is 3. The van der Waals surface area contributed by atoms with Crippen molar-refractivity contribution in [3.8, 4) is 0 Å². The van der Waals surface area contributed by atoms with Gasteiger partial charge in [0.15, 0.2) is 6.29 Å². The third-order valence-electron chi connectivity index (χ3n) is 1.53. The van der Waals surface area contributed by atoms with Gasteiger partial charge in [0.05, 0.1) is 5.71 Å². The van der Waals surface area contributed by atoms with Crippen LogP contribution in [0.25, 0.3) is 0 Å². The Morgan fingerprint density at radius 1 is 1.55 bits per heavy atom. The molecule has 3 heteroatoms. The Morgan fingerprint density at radius 2 is 2.09 bits per heavy atom. The van der Waals surface area contributed by atoms with Gasteiger partial charge in [-0.25, -0.2) is 0 Å². The molecule has 3 N–H and O–H groups in total. The molecule has 0 aromatic carbocycles. The van der Waals surface area contributed by atoms with E-state index >= 15 is 0 Å². The molecule has 0 aromatic rings. The maximum absolute atomic E-state index is 8.60. The Bertz CT molecular complexity index is 152. The second-order valence-electron chi connectivity index (χ2n) is 2.53. The normalized spacial score (nSPS) is 14.3. The van der Waals surface area contributed by atoms with Crippen molar-refractivity contribution in [3.05, 3.63) is 12.2 Å². The van der Waals surface area contributed by atoms with Gasteiger partial charge in [-0.1, -0.05) is 19.1 Å². The van der Waals surface area contributed by atoms with Crippen molar-refractivity contribution in [2.45, 2.75) is 26.6 Å². The van der Waals surface area contributed by atoms with E-state index in [0.29, 0.717) is 6.42 Å². The van der Waals surface area contributed by atoms with E-state index in [9.17, 15) is 0 Å². The summed E-state index contributed by atoms with van der Waals surface area (Å²) in [6.45, 7) is 3.69. The Morgan fingerprint density at radius 3 is 2.45 bits per heavy atom. The van der Waals surface area contributed by atoms with Crippen LogP contribution in [0.15, 0.2) is 12.2 Å². The molecule has 11 heavy (non-hydrogen) atoms. The van der Waals surface area contributed by atoms with Gasteiger partial charge in [-0.05, 0) is 13.3 Å². The van der Waals surface area contributed by atoms with E-state index < -0.39 is 6.29 Å². The highest BCUT2D eigenvalue weighted by Gasteiger charge is 2.13. The van der Waals surface area contributed by atoms with E-state index in [1.54, 1.807) is 6.92 Å². The first-order valence-electron chi connectivity index (χ1n) is 3.65. The molecule has 0 aliphatic heterocycles. The molecule has 0 saturated carbocycles. The second-order valence-corrected chi connectivity index (χ2v) is 2.53. The van der Waals surface area contributed by atoms with Gasteiger partial charge < -0.3 is 15.6 Å². The average Bonchev–Trinajstić information content (AvgIpc) is 1.98. The van der Waals surface area contributed by atoms with Crippen molar-refractivity contribution in [1.29, 1.82) is 5.41 Å². The second kappa shape index (κ2) is 5.04. The Balaban J connectivity index is 3.83. The smallest absolute Gasteiger partial charge is 0.191 e. The van der Waals surface area contributed by atoms with Crippen LogP contribution in [-0.4, -0.2) is 22.2 Å². The highest BCUT2D eigenvalue weighted by molar-refractivity contribution is 5.86. The minimum Gasteiger partial charge on any atom is -0.363 e. The summed E-state index contributed by atoms with van der Waals surface area (Å²) in [4.78, 5) is 0. The van der Waals surface area contributed by atoms with E-state index in [1.165, 1.54) is 0 Å². The topological polar surface area (TPSA) is 64.3 Å². The number of allylic oxidation sites excluding steroid dienone is 2. The zero-order valence-corrected chi connectivity index (χ0v) is 6.91. The molecule has 0 radical (unpaired) electrons. The molecule has 1 atom stereocenters. The first-order chi connectivity index (χ1) is 5.09. The lowest BCUT2D eigenvalue weighted by atomic mass is 10.0. The minimum absolute atomic E-state index is 0.0249. The number of nitrogens with one attached hydrogen (secondary N) is 1. The van der Waals surface area contributed by atoms with Crippen LogP contribution in [0.2, 0.25) is 0 Å². The summed E-state index contributed by atoms with van der Waals surface area (Å²) in [5.41, 5.74) is -0.0249. The lowest BCUT2D eigenvalue weighted by Crippen LogP contribution is -2.24. The number of rotatable bonds is 4. The van der Waals surface area contributed by atoms with Gasteiger partial charge in [0.2, 0.25) is 0 Å². The van der Waals surface area contributed by atoms with E-state index in [2.05, 4.69) is 0 Å². The summed E-state index contributed by atoms with van der Waals surface area (Å²) in [6.07, 6.45) is 2.87. The van der Waals surface area contributed by atoms with Crippen LogP contribution in [0.1, 0.15) is 20.3 Å². The third-order valence-corrected chi connectivity index (χ3v) is 1.53. The Hall–Kier alpha value is -0.670. The molecule has 0 bridgehead atoms. The zero-order chi connectivity index (χ0) is 8.85. The van der Waals surface area contributed by atoms with Crippen molar-refractivity contribution in [2.75, 3.05) is 0 Å². The van der Waals surface area contributed by atoms with E-state index in [0.717, 1.165) is 0 Å². The molecule has 0 amide bonds. The summed E-state index contributed by atoms with van der Waals surface area (Å²) < 4.78 is 0. The molecule has 3 nitrogen and oxygen atoms in total. The van der Waals surface area contributed by atoms with E-state index in [4.69, 9.17) is 15.6 Å². The fraction of sp³-hybridized carbons (Fsp3) is 0.625. The highest BCUT2D eigenvalue weighted by atomic mass is 16.5. The molecule has 0 heterocycles. The minimum atomic E-state index is -1.60. The molecule has 0 rings (SSSR count). The molecule has 64 valence electrons. The predicted octanol–water partition coefficient (Wildman–Crippen LogP) is 0.919. The van der Waals surface area contributed by atoms with Gasteiger partial charge in [0.25, 0.3) is 0 Å². The largest absolute Gasteiger partial charge is 0.363 e. The van der Waals surface area contributed by atoms with E-state index in [1.807, 2.05) is 19.1 Å². The summed E-state index contributed by atoms with van der Waals surface area (Å²) in [6, 6.07) is 0. The molecule has 0 saturated heterocycles. The van der Waals surface area contributed by atoms with Crippen molar-refractivity contribution in [3.63, 3.8) is 0 Å². The number of aliphatic hydroxyl groups excluding tert-OH is 1. The fourth-order valence-corrected chi connectivity index (χ4v) is 0.722. The molecular weight excluding hydrogens is 142 g/mol. The maximum Gasteiger partial charge on any atom is 0.191 e. The third kappa shape index (κ3) is 3.91. The van der Waals surface area contributed by atoms with Gasteiger partial charge in [-0.15, -0.1) is 0 Å². The molecule has 1 unspecified atom stereocenters. The predicted molar refractivity (Wildman–Crippen MR) is 44.5 cm³/mol. The standard InChI is InChI=1S/C8H15NO2/c1-3-4-5-6(2)7(9)8(10)11/h3-4,6,8-11H,5H2,1-2H3/b4-3-,9-7?. The van der Waals surface area contributed by atoms with E-state index in [-0.39, 0.29) is 11.6 Å². The van der Waals surface area contributed by atoms with Crippen LogP contribution < -0.4 is 0 Å². The number of hydrogen-bond donors (Lipinski definition) is 3. The number of aliphatic hydroxyl groups is 2. The SMILES string of the molecule is C/C=C\CC(C)C(=N)C(O)O. The van der Waals surface area contributed by atoms with Crippen molar-refractivity contribution < 1.29 is 10.2 Å². The van der Waals surface area contributed by atoms with Gasteiger partial charge >= 0.3 is 0 Å². The van der Waals surface area contributed by atoms with Gasteiger partial charge in [-0.2, -0.15) is 0 Å². The molecule has 0 spiro atoms. The molecule has 0 fully saturated rings. The molecule has 0 aliphatic rings. The summed E-state index contributed by atoms with van der Waals surface area (Å²) in [5.74, 6) is -0.0915. The first kappa shape index (κ1) is 10.3. The molecule has 0 aromatic heterocycles. The van der Waals surface area contributed by atoms with Crippen LogP contribution in [0.3, 0.4) is 0 Å². The van der Waals surface area contributed by atoms with Gasteiger partial charge in [-0.3, -0.25) is 0 Å². The highest BCUT2D eigenvalue weighted by Crippen LogP contribution is 2.06. The van der Waals surface area contributed by atoms with Crippen molar-refractivity contribution in [1.82, 2.24) is 0 Å². The monoisotopic (exact) mass is 157 g/mol. The lowest BCUT2D eigenvalue weighted by molar-refractivity contribution is 0.0153. The Kier molecular flexibility index (Phi) is 4.74. The summed E-state index contributed by atoms with van der Waals surface area (Å²) in [5, 5.41) is 24.4.